The molecule has 4 aromatic carbocycles. The molecule has 4 aromatic rings. The van der Waals surface area contributed by atoms with Crippen molar-refractivity contribution in [3.63, 3.8) is 0 Å². The molecule has 4 aliphatic rings. The van der Waals surface area contributed by atoms with Crippen LogP contribution in [0.5, 0.6) is 57.5 Å². The van der Waals surface area contributed by atoms with Gasteiger partial charge in [0.1, 0.15) is 23.0 Å². The first-order valence-electron chi connectivity index (χ1n) is 13.5. The number of benzene rings is 4. The summed E-state index contributed by atoms with van der Waals surface area (Å²) in [5.41, 5.74) is 2.69. The number of allylic oxidation sites excluding steroid dienone is 4. The molecular weight excluding hydrogens is 711 g/mol. The second-order valence-corrected chi connectivity index (χ2v) is 12.6. The summed E-state index contributed by atoms with van der Waals surface area (Å²) in [6.07, 6.45) is 4.30. The molecular formula is C33H26BrCl3O8. The molecule has 0 saturated heterocycles. The van der Waals surface area contributed by atoms with Crippen LogP contribution in [0, 0.1) is 0 Å². The molecule has 0 spiro atoms. The van der Waals surface area contributed by atoms with Crippen LogP contribution in [0.3, 0.4) is 0 Å². The Labute approximate surface area is 281 Å². The molecule has 0 saturated carbocycles. The Hall–Kier alpha value is -3.89. The van der Waals surface area contributed by atoms with E-state index in [1.54, 1.807) is 6.08 Å². The Morgan fingerprint density at radius 2 is 1.11 bits per heavy atom. The molecule has 6 N–H and O–H groups in total. The fraction of sp³-hybridized carbons (Fsp3) is 0.152. The number of halogens is 4. The predicted octanol–water partition coefficient (Wildman–Crippen LogP) is 9.53. The van der Waals surface area contributed by atoms with Crippen LogP contribution >= 0.6 is 50.7 Å². The van der Waals surface area contributed by atoms with E-state index in [9.17, 15) is 30.6 Å². The lowest BCUT2D eigenvalue weighted by atomic mass is 10.0. The van der Waals surface area contributed by atoms with Gasteiger partial charge < -0.3 is 40.1 Å². The monoisotopic (exact) mass is 734 g/mol. The van der Waals surface area contributed by atoms with E-state index >= 15 is 0 Å². The molecule has 4 heterocycles. The zero-order valence-electron chi connectivity index (χ0n) is 23.5. The molecule has 0 radical (unpaired) electrons. The molecule has 12 heteroatoms. The lowest BCUT2D eigenvalue weighted by Crippen LogP contribution is -1.96. The standard InChI is InChI=1S/C33H26BrCl3O8/c1-15-2-3-17-11-28(21(36)13-23(17)38)44-32-25(40)8-16(9-26(32)41)7-20(35)5-4-18-12-29(22(37)14-24(18)39)45-33-27(42)10-19(6-15)30(34)31(33)43/h2,5,8-14,38-43H,3-4,6-7H2,1H3/b15-2-,20-5+. The van der Waals surface area contributed by atoms with Gasteiger partial charge >= 0.3 is 0 Å². The van der Waals surface area contributed by atoms with Crippen molar-refractivity contribution in [1.82, 2.24) is 0 Å². The average molecular weight is 737 g/mol. The van der Waals surface area contributed by atoms with Gasteiger partial charge in [0.2, 0.25) is 11.5 Å². The molecule has 4 aliphatic heterocycles. The van der Waals surface area contributed by atoms with Crippen molar-refractivity contribution in [2.24, 2.45) is 0 Å². The van der Waals surface area contributed by atoms with Gasteiger partial charge in [-0.05, 0) is 83.6 Å². The molecule has 234 valence electrons. The molecule has 45 heavy (non-hydrogen) atoms. The fourth-order valence-electron chi connectivity index (χ4n) is 4.78. The van der Waals surface area contributed by atoms with Crippen molar-refractivity contribution in [2.75, 3.05) is 0 Å². The van der Waals surface area contributed by atoms with Gasteiger partial charge in [-0.25, -0.2) is 0 Å². The maximum atomic E-state index is 10.9. The summed E-state index contributed by atoms with van der Waals surface area (Å²) in [4.78, 5) is 0. The van der Waals surface area contributed by atoms with Crippen molar-refractivity contribution in [3.8, 4) is 57.5 Å². The SMILES string of the molecule is C/C1=C/Cc2cc(c(Cl)cc2O)Oc2c(O)cc(cc2O)C/C(Cl)=C\Cc2cc(c(Cl)cc2O)Oc2c(O)cc(c(Br)c2O)C1. The molecule has 0 amide bonds. The Bertz CT molecular complexity index is 1860. The maximum Gasteiger partial charge on any atom is 0.211 e. The summed E-state index contributed by atoms with van der Waals surface area (Å²) in [5, 5.41) is 64.7. The molecule has 0 aliphatic carbocycles. The van der Waals surface area contributed by atoms with E-state index in [0.717, 1.165) is 5.57 Å². The van der Waals surface area contributed by atoms with E-state index in [-0.39, 0.29) is 91.3 Å². The third-order valence-corrected chi connectivity index (χ3v) is 8.87. The van der Waals surface area contributed by atoms with Gasteiger partial charge in [0, 0.05) is 34.7 Å². The fourth-order valence-corrected chi connectivity index (χ4v) is 5.84. The molecule has 0 aromatic heterocycles. The number of phenolic OH excluding ortho intramolecular Hbond substituents is 6. The highest BCUT2D eigenvalue weighted by Crippen LogP contribution is 2.48. The topological polar surface area (TPSA) is 140 Å². The zero-order valence-corrected chi connectivity index (χ0v) is 27.4. The minimum Gasteiger partial charge on any atom is -0.508 e. The molecule has 0 unspecified atom stereocenters. The summed E-state index contributed by atoms with van der Waals surface area (Å²) in [6, 6.07) is 9.76. The molecule has 0 atom stereocenters. The summed E-state index contributed by atoms with van der Waals surface area (Å²) >= 11 is 22.5. The van der Waals surface area contributed by atoms with E-state index < -0.39 is 0 Å². The average Bonchev–Trinajstić information content (AvgIpc) is 2.96. The van der Waals surface area contributed by atoms with E-state index in [1.807, 2.05) is 13.0 Å². The maximum absolute atomic E-state index is 10.9. The number of ether oxygens (including phenoxy) is 2. The third kappa shape index (κ3) is 7.17. The minimum atomic E-state index is -0.356. The van der Waals surface area contributed by atoms with E-state index in [4.69, 9.17) is 44.3 Å². The van der Waals surface area contributed by atoms with E-state index in [0.29, 0.717) is 33.7 Å². The van der Waals surface area contributed by atoms with Gasteiger partial charge in [0.15, 0.2) is 23.0 Å². The van der Waals surface area contributed by atoms with Crippen molar-refractivity contribution in [3.05, 3.63) is 102 Å². The van der Waals surface area contributed by atoms with Gasteiger partial charge in [-0.1, -0.05) is 52.5 Å². The lowest BCUT2D eigenvalue weighted by Gasteiger charge is -2.16. The first-order valence-corrected chi connectivity index (χ1v) is 15.4. The predicted molar refractivity (Wildman–Crippen MR) is 176 cm³/mol. The van der Waals surface area contributed by atoms with Crippen molar-refractivity contribution < 1.29 is 40.1 Å². The molecule has 0 fully saturated rings. The first kappa shape index (κ1) is 32.5. The Kier molecular flexibility index (Phi) is 9.55. The highest BCUT2D eigenvalue weighted by Gasteiger charge is 2.21. The van der Waals surface area contributed by atoms with Crippen LogP contribution < -0.4 is 9.47 Å². The van der Waals surface area contributed by atoms with Crippen LogP contribution in [0.2, 0.25) is 10.0 Å². The lowest BCUT2D eigenvalue weighted by molar-refractivity contribution is 0.373. The van der Waals surface area contributed by atoms with Gasteiger partial charge in [-0.15, -0.1) is 0 Å². The quantitative estimate of drug-likeness (QED) is 0.0982. The summed E-state index contributed by atoms with van der Waals surface area (Å²) in [6.45, 7) is 1.84. The number of aromatic hydroxyl groups is 6. The molecule has 8 bridgehead atoms. The summed E-state index contributed by atoms with van der Waals surface area (Å²) in [5.74, 6) is -1.93. The van der Waals surface area contributed by atoms with Crippen LogP contribution in [-0.4, -0.2) is 30.6 Å². The zero-order chi connectivity index (χ0) is 32.6. The second kappa shape index (κ2) is 13.2. The van der Waals surface area contributed by atoms with Crippen molar-refractivity contribution in [1.29, 1.82) is 0 Å². The van der Waals surface area contributed by atoms with E-state index in [1.165, 1.54) is 42.5 Å². The van der Waals surface area contributed by atoms with E-state index in [2.05, 4.69) is 15.9 Å². The number of rotatable bonds is 0. The Balaban J connectivity index is 1.61. The van der Waals surface area contributed by atoms with Crippen LogP contribution in [0.15, 0.2) is 69.7 Å². The Morgan fingerprint density at radius 1 is 0.600 bits per heavy atom. The minimum absolute atomic E-state index is 0.0346. The third-order valence-electron chi connectivity index (χ3n) is 7.10. The smallest absolute Gasteiger partial charge is 0.211 e. The largest absolute Gasteiger partial charge is 0.508 e. The van der Waals surface area contributed by atoms with Crippen LogP contribution in [-0.2, 0) is 25.7 Å². The number of phenols is 6. The number of hydrogen-bond donors (Lipinski definition) is 6. The number of hydrogen-bond acceptors (Lipinski definition) is 8. The second-order valence-electron chi connectivity index (χ2n) is 10.5. The summed E-state index contributed by atoms with van der Waals surface area (Å²) in [7, 11) is 0. The van der Waals surface area contributed by atoms with Gasteiger partial charge in [-0.2, -0.15) is 0 Å². The van der Waals surface area contributed by atoms with Crippen LogP contribution in [0.1, 0.15) is 29.2 Å². The highest BCUT2D eigenvalue weighted by atomic mass is 79.9. The molecule has 8 rings (SSSR count). The first-order chi connectivity index (χ1) is 21.3. The molecule has 8 nitrogen and oxygen atoms in total. The normalized spacial score (nSPS) is 16.1. The van der Waals surface area contributed by atoms with Gasteiger partial charge in [0.05, 0.1) is 14.5 Å². The van der Waals surface area contributed by atoms with Gasteiger partial charge in [-0.3, -0.25) is 0 Å². The summed E-state index contributed by atoms with van der Waals surface area (Å²) < 4.78 is 11.9. The van der Waals surface area contributed by atoms with Crippen molar-refractivity contribution in [2.45, 2.75) is 32.6 Å². The van der Waals surface area contributed by atoms with Crippen LogP contribution in [0.25, 0.3) is 0 Å². The van der Waals surface area contributed by atoms with Gasteiger partial charge in [0.25, 0.3) is 0 Å². The highest BCUT2D eigenvalue weighted by molar-refractivity contribution is 9.10. The Morgan fingerprint density at radius 3 is 1.69 bits per heavy atom. The van der Waals surface area contributed by atoms with Crippen LogP contribution in [0.4, 0.5) is 0 Å². The van der Waals surface area contributed by atoms with Crippen molar-refractivity contribution >= 4 is 50.7 Å².